The Morgan fingerprint density at radius 2 is 1.81 bits per heavy atom. The van der Waals surface area contributed by atoms with Crippen molar-refractivity contribution in [3.63, 3.8) is 0 Å². The summed E-state index contributed by atoms with van der Waals surface area (Å²) in [6.07, 6.45) is 3.23. The molecule has 0 aliphatic carbocycles. The summed E-state index contributed by atoms with van der Waals surface area (Å²) >= 11 is 0. The first-order valence-corrected chi connectivity index (χ1v) is 8.98. The number of amides is 2. The van der Waals surface area contributed by atoms with E-state index in [2.05, 4.69) is 22.8 Å². The highest BCUT2D eigenvalue weighted by Gasteiger charge is 2.09. The molecule has 0 atom stereocenters. The van der Waals surface area contributed by atoms with E-state index < -0.39 is 11.8 Å². The number of hydrogen-bond acceptors (Lipinski definition) is 4. The molecule has 0 saturated carbocycles. The number of nitrogens with zero attached hydrogens (tertiary/aromatic N) is 1. The lowest BCUT2D eigenvalue weighted by Crippen LogP contribution is -2.24. The van der Waals surface area contributed by atoms with Crippen molar-refractivity contribution in [2.75, 3.05) is 11.9 Å². The number of hydrogen-bond donors (Lipinski definition) is 2. The summed E-state index contributed by atoms with van der Waals surface area (Å²) in [5.74, 6) is -0.170. The predicted molar refractivity (Wildman–Crippen MR) is 107 cm³/mol. The zero-order valence-electron chi connectivity index (χ0n) is 15.7. The fourth-order valence-corrected chi connectivity index (χ4v) is 2.25. The summed E-state index contributed by atoms with van der Waals surface area (Å²) in [4.78, 5) is 23.8. The maximum Gasteiger partial charge on any atom is 0.249 e. The van der Waals surface area contributed by atoms with Crippen LogP contribution in [0.4, 0.5) is 5.69 Å². The van der Waals surface area contributed by atoms with E-state index in [0.717, 1.165) is 24.0 Å². The van der Waals surface area contributed by atoms with E-state index in [1.807, 2.05) is 43.3 Å². The second kappa shape index (κ2) is 10.8. The summed E-state index contributed by atoms with van der Waals surface area (Å²) in [5.41, 5.74) is 4.88. The van der Waals surface area contributed by atoms with Crippen molar-refractivity contribution in [2.24, 2.45) is 5.10 Å². The van der Waals surface area contributed by atoms with Crippen molar-refractivity contribution >= 4 is 23.7 Å². The molecular formula is C21H25N3O3. The lowest BCUT2D eigenvalue weighted by molar-refractivity contribution is -0.126. The van der Waals surface area contributed by atoms with Gasteiger partial charge in [-0.25, -0.2) is 5.43 Å². The molecule has 0 saturated heterocycles. The molecule has 2 N–H and O–H groups in total. The third-order valence-electron chi connectivity index (χ3n) is 3.72. The van der Waals surface area contributed by atoms with E-state index in [-0.39, 0.29) is 6.42 Å². The molecule has 0 fully saturated rings. The number of unbranched alkanes of at least 4 members (excludes halogenated alkanes) is 1. The van der Waals surface area contributed by atoms with Crippen LogP contribution in [0.15, 0.2) is 53.6 Å². The van der Waals surface area contributed by atoms with Gasteiger partial charge in [-0.05, 0) is 37.6 Å². The zero-order valence-corrected chi connectivity index (χ0v) is 15.7. The maximum absolute atomic E-state index is 11.9. The summed E-state index contributed by atoms with van der Waals surface area (Å²) < 4.78 is 5.71. The molecule has 0 spiro atoms. The molecular weight excluding hydrogens is 342 g/mol. The highest BCUT2D eigenvalue weighted by Crippen LogP contribution is 2.16. The summed E-state index contributed by atoms with van der Waals surface area (Å²) in [7, 11) is 0. The SMILES string of the molecule is CCCCOc1ccccc1C=NNC(=O)CC(=O)Nc1ccc(C)cc1. The Kier molecular flexibility index (Phi) is 8.03. The molecule has 0 radical (unpaired) electrons. The molecule has 2 rings (SSSR count). The lowest BCUT2D eigenvalue weighted by atomic mass is 10.2. The van der Waals surface area contributed by atoms with Gasteiger partial charge in [-0.15, -0.1) is 0 Å². The van der Waals surface area contributed by atoms with Gasteiger partial charge >= 0.3 is 0 Å². The Morgan fingerprint density at radius 1 is 1.07 bits per heavy atom. The van der Waals surface area contributed by atoms with Crippen LogP contribution in [0.2, 0.25) is 0 Å². The molecule has 0 bridgehead atoms. The van der Waals surface area contributed by atoms with Gasteiger partial charge in [-0.1, -0.05) is 43.2 Å². The standard InChI is InChI=1S/C21H25N3O3/c1-3-4-13-27-19-8-6-5-7-17(19)15-22-24-21(26)14-20(25)23-18-11-9-16(2)10-12-18/h5-12,15H,3-4,13-14H2,1-2H3,(H,23,25)(H,24,26). The van der Waals surface area contributed by atoms with E-state index in [9.17, 15) is 9.59 Å². The number of nitrogens with one attached hydrogen (secondary N) is 2. The number of hydrazone groups is 1. The van der Waals surface area contributed by atoms with Crippen molar-refractivity contribution in [1.82, 2.24) is 5.43 Å². The molecule has 0 aliphatic rings. The number of ether oxygens (including phenoxy) is 1. The fraction of sp³-hybridized carbons (Fsp3) is 0.286. The van der Waals surface area contributed by atoms with E-state index in [0.29, 0.717) is 18.0 Å². The van der Waals surface area contributed by atoms with Crippen LogP contribution in [0.3, 0.4) is 0 Å². The number of carbonyl (C=O) groups excluding carboxylic acids is 2. The number of anilines is 1. The Labute approximate surface area is 159 Å². The fourth-order valence-electron chi connectivity index (χ4n) is 2.25. The number of benzene rings is 2. The molecule has 27 heavy (non-hydrogen) atoms. The van der Waals surface area contributed by atoms with Gasteiger partial charge in [-0.2, -0.15) is 5.10 Å². The molecule has 2 aromatic carbocycles. The Morgan fingerprint density at radius 3 is 2.56 bits per heavy atom. The number of carbonyl (C=O) groups is 2. The first kappa shape index (κ1) is 20.2. The van der Waals surface area contributed by atoms with Gasteiger partial charge in [0.1, 0.15) is 12.2 Å². The summed E-state index contributed by atoms with van der Waals surface area (Å²) in [5, 5.41) is 6.59. The lowest BCUT2D eigenvalue weighted by Gasteiger charge is -2.08. The van der Waals surface area contributed by atoms with Gasteiger partial charge in [0.05, 0.1) is 12.8 Å². The highest BCUT2D eigenvalue weighted by atomic mass is 16.5. The number of rotatable bonds is 9. The van der Waals surface area contributed by atoms with Crippen LogP contribution in [0.5, 0.6) is 5.75 Å². The van der Waals surface area contributed by atoms with Gasteiger partial charge < -0.3 is 10.1 Å². The van der Waals surface area contributed by atoms with Gasteiger partial charge in [-0.3, -0.25) is 9.59 Å². The zero-order chi connectivity index (χ0) is 19.5. The van der Waals surface area contributed by atoms with E-state index >= 15 is 0 Å². The van der Waals surface area contributed by atoms with E-state index in [1.165, 1.54) is 6.21 Å². The molecule has 0 unspecified atom stereocenters. The Balaban J connectivity index is 1.82. The van der Waals surface area contributed by atoms with Crippen LogP contribution in [-0.2, 0) is 9.59 Å². The van der Waals surface area contributed by atoms with Crippen molar-refractivity contribution in [1.29, 1.82) is 0 Å². The minimum atomic E-state index is -0.486. The molecule has 0 heterocycles. The van der Waals surface area contributed by atoms with Crippen LogP contribution in [0.25, 0.3) is 0 Å². The quantitative estimate of drug-likeness (QED) is 0.307. The average molecular weight is 367 g/mol. The molecule has 142 valence electrons. The molecule has 0 aliphatic heterocycles. The highest BCUT2D eigenvalue weighted by molar-refractivity contribution is 6.03. The van der Waals surface area contributed by atoms with Gasteiger partial charge in [0.2, 0.25) is 11.8 Å². The van der Waals surface area contributed by atoms with Crippen molar-refractivity contribution < 1.29 is 14.3 Å². The third kappa shape index (κ3) is 7.32. The normalized spacial score (nSPS) is 10.6. The van der Waals surface area contributed by atoms with Crippen molar-refractivity contribution in [2.45, 2.75) is 33.1 Å². The molecule has 2 aromatic rings. The Bertz CT molecular complexity index is 786. The summed E-state index contributed by atoms with van der Waals surface area (Å²) in [6.45, 7) is 4.69. The van der Waals surface area contributed by atoms with Crippen LogP contribution in [-0.4, -0.2) is 24.6 Å². The molecule has 6 nitrogen and oxygen atoms in total. The minimum absolute atomic E-state index is 0.306. The van der Waals surface area contributed by atoms with E-state index in [4.69, 9.17) is 4.74 Å². The largest absolute Gasteiger partial charge is 0.493 e. The second-order valence-electron chi connectivity index (χ2n) is 6.12. The van der Waals surface area contributed by atoms with Crippen molar-refractivity contribution in [3.8, 4) is 5.75 Å². The van der Waals surface area contributed by atoms with E-state index in [1.54, 1.807) is 12.1 Å². The molecule has 0 aromatic heterocycles. The first-order chi connectivity index (χ1) is 13.1. The smallest absolute Gasteiger partial charge is 0.249 e. The van der Waals surface area contributed by atoms with Crippen molar-refractivity contribution in [3.05, 3.63) is 59.7 Å². The predicted octanol–water partition coefficient (Wildman–Crippen LogP) is 3.65. The van der Waals surface area contributed by atoms with Crippen LogP contribution >= 0.6 is 0 Å². The van der Waals surface area contributed by atoms with Crippen LogP contribution in [0, 0.1) is 6.92 Å². The Hall–Kier alpha value is -3.15. The second-order valence-corrected chi connectivity index (χ2v) is 6.12. The average Bonchev–Trinajstić information content (AvgIpc) is 2.65. The van der Waals surface area contributed by atoms with Crippen LogP contribution < -0.4 is 15.5 Å². The number of para-hydroxylation sites is 1. The topological polar surface area (TPSA) is 79.8 Å². The van der Waals surface area contributed by atoms with Gasteiger partial charge in [0.15, 0.2) is 0 Å². The maximum atomic E-state index is 11.9. The van der Waals surface area contributed by atoms with Gasteiger partial charge in [0, 0.05) is 11.3 Å². The number of aryl methyl sites for hydroxylation is 1. The third-order valence-corrected chi connectivity index (χ3v) is 3.72. The minimum Gasteiger partial charge on any atom is -0.493 e. The summed E-state index contributed by atoms with van der Waals surface area (Å²) in [6, 6.07) is 14.8. The first-order valence-electron chi connectivity index (χ1n) is 8.98. The molecule has 6 heteroatoms. The molecule has 2 amide bonds. The van der Waals surface area contributed by atoms with Crippen LogP contribution in [0.1, 0.15) is 37.3 Å². The van der Waals surface area contributed by atoms with Gasteiger partial charge in [0.25, 0.3) is 0 Å². The monoisotopic (exact) mass is 367 g/mol.